The van der Waals surface area contributed by atoms with Gasteiger partial charge in [-0.2, -0.15) is 0 Å². The van der Waals surface area contributed by atoms with Crippen LogP contribution in [0.2, 0.25) is 0 Å². The Hall–Kier alpha value is -3.52. The van der Waals surface area contributed by atoms with Crippen LogP contribution in [0.5, 0.6) is 11.6 Å². The molecule has 0 fully saturated rings. The van der Waals surface area contributed by atoms with Gasteiger partial charge in [-0.05, 0) is 62.4 Å². The maximum Gasteiger partial charge on any atom is 0.241 e. The average molecular weight is 410 g/mol. The van der Waals surface area contributed by atoms with Gasteiger partial charge in [-0.25, -0.2) is 13.8 Å². The number of carbonyl (C=O) groups excluding carboxylic acids is 1. The van der Waals surface area contributed by atoms with Gasteiger partial charge in [0.25, 0.3) is 0 Å². The minimum absolute atomic E-state index is 0.141. The highest BCUT2D eigenvalue weighted by Gasteiger charge is 2.39. The smallest absolute Gasteiger partial charge is 0.241 e. The molecule has 154 valence electrons. The van der Waals surface area contributed by atoms with E-state index in [4.69, 9.17) is 15.5 Å². The summed E-state index contributed by atoms with van der Waals surface area (Å²) in [6.45, 7) is 3.55. The van der Waals surface area contributed by atoms with Gasteiger partial charge in [0.05, 0.1) is 6.54 Å². The van der Waals surface area contributed by atoms with E-state index in [9.17, 15) is 13.6 Å². The molecule has 8 heteroatoms. The molecular weight excluding hydrogens is 390 g/mol. The van der Waals surface area contributed by atoms with Crippen molar-refractivity contribution in [2.75, 3.05) is 6.54 Å². The average Bonchev–Trinajstić information content (AvgIpc) is 3.09. The molecule has 0 spiro atoms. The van der Waals surface area contributed by atoms with Crippen molar-refractivity contribution < 1.29 is 18.3 Å². The predicted octanol–water partition coefficient (Wildman–Crippen LogP) is 4.08. The van der Waals surface area contributed by atoms with E-state index in [1.807, 2.05) is 13.8 Å². The number of hydrogen-bond acceptors (Lipinski definition) is 4. The summed E-state index contributed by atoms with van der Waals surface area (Å²) in [5.41, 5.74) is 5.84. The first-order valence-electron chi connectivity index (χ1n) is 9.34. The van der Waals surface area contributed by atoms with Crippen molar-refractivity contribution in [3.63, 3.8) is 0 Å². The highest BCUT2D eigenvalue weighted by atomic mass is 19.1. The molecule has 1 aliphatic heterocycles. The van der Waals surface area contributed by atoms with Crippen molar-refractivity contribution in [2.45, 2.75) is 19.4 Å². The van der Waals surface area contributed by atoms with Crippen LogP contribution in [0.3, 0.4) is 0 Å². The number of carbonyl (C=O) groups is 1. The summed E-state index contributed by atoms with van der Waals surface area (Å²) in [5.74, 6) is 0.316. The molecule has 0 unspecified atom stereocenters. The monoisotopic (exact) mass is 410 g/mol. The Balaban J connectivity index is 1.87. The molecule has 1 aromatic heterocycles. The van der Waals surface area contributed by atoms with Gasteiger partial charge in [0.2, 0.25) is 11.8 Å². The molecule has 30 heavy (non-hydrogen) atoms. The number of rotatable bonds is 4. The van der Waals surface area contributed by atoms with E-state index in [0.29, 0.717) is 28.7 Å². The second kappa shape index (κ2) is 7.38. The third-order valence-electron chi connectivity index (χ3n) is 4.97. The number of amides is 1. The fourth-order valence-corrected chi connectivity index (χ4v) is 3.42. The zero-order chi connectivity index (χ0) is 21.5. The fraction of sp³-hybridized carbons (Fsp3) is 0.182. The van der Waals surface area contributed by atoms with Crippen molar-refractivity contribution in [2.24, 2.45) is 5.73 Å². The third kappa shape index (κ3) is 3.35. The second-order valence-corrected chi connectivity index (χ2v) is 7.35. The lowest BCUT2D eigenvalue weighted by Crippen LogP contribution is -2.47. The van der Waals surface area contributed by atoms with Gasteiger partial charge in [-0.1, -0.05) is 0 Å². The summed E-state index contributed by atoms with van der Waals surface area (Å²) in [5, 5.41) is 0. The molecule has 0 aliphatic carbocycles. The van der Waals surface area contributed by atoms with Crippen molar-refractivity contribution in [3.05, 3.63) is 72.2 Å². The molecule has 6 nitrogen and oxygen atoms in total. The van der Waals surface area contributed by atoms with Gasteiger partial charge in [-0.15, -0.1) is 0 Å². The van der Waals surface area contributed by atoms with Gasteiger partial charge in [-0.3, -0.25) is 9.36 Å². The maximum atomic E-state index is 13.5. The van der Waals surface area contributed by atoms with Crippen molar-refractivity contribution in [1.82, 2.24) is 14.5 Å². The molecule has 0 saturated heterocycles. The number of aromatic nitrogens is 2. The fourth-order valence-electron chi connectivity index (χ4n) is 3.42. The topological polar surface area (TPSA) is 73.4 Å². The molecule has 1 amide bonds. The quantitative estimate of drug-likeness (QED) is 0.703. The van der Waals surface area contributed by atoms with E-state index in [0.717, 1.165) is 0 Å². The molecular formula is C22H20F2N4O2. The van der Waals surface area contributed by atoms with E-state index < -0.39 is 5.54 Å². The minimum Gasteiger partial charge on any atom is -0.438 e. The van der Waals surface area contributed by atoms with Crippen LogP contribution in [0.4, 0.5) is 8.78 Å². The van der Waals surface area contributed by atoms with Gasteiger partial charge < -0.3 is 15.4 Å². The first-order valence-corrected chi connectivity index (χ1v) is 9.34. The Bertz CT molecular complexity index is 1120. The highest BCUT2D eigenvalue weighted by Crippen LogP contribution is 2.41. The van der Waals surface area contributed by atoms with E-state index in [-0.39, 0.29) is 24.1 Å². The number of fused-ring (bicyclic) bond motifs is 1. The molecule has 0 atom stereocenters. The van der Waals surface area contributed by atoms with Crippen LogP contribution in [0, 0.1) is 11.6 Å². The first-order chi connectivity index (χ1) is 14.3. The number of nitrogens with zero attached hydrogens (tertiary/aromatic N) is 3. The van der Waals surface area contributed by atoms with E-state index in [2.05, 4.69) is 0 Å². The molecule has 2 heterocycles. The molecule has 2 N–H and O–H groups in total. The second-order valence-electron chi connectivity index (χ2n) is 7.35. The summed E-state index contributed by atoms with van der Waals surface area (Å²) in [6.07, 6.45) is 3.28. The van der Waals surface area contributed by atoms with Crippen LogP contribution in [0.1, 0.15) is 19.7 Å². The number of hydrogen-bond donors (Lipinski definition) is 1. The Morgan fingerprint density at radius 2 is 1.63 bits per heavy atom. The number of benzene rings is 2. The van der Waals surface area contributed by atoms with Crippen LogP contribution < -0.4 is 10.5 Å². The third-order valence-corrected chi connectivity index (χ3v) is 4.97. The standard InChI is InChI=1S/C22H20F2N4O2/c1-22(2)21-26-19(14-3-5-15(23)6-4-14)20(30-17-9-7-16(24)8-10-17)27(21)11-12-28(22)18(29)13-25/h3-12H,13,25H2,1-2H3. The zero-order valence-electron chi connectivity index (χ0n) is 16.5. The molecule has 1 aliphatic rings. The summed E-state index contributed by atoms with van der Waals surface area (Å²) >= 11 is 0. The van der Waals surface area contributed by atoms with E-state index >= 15 is 0 Å². The lowest BCUT2D eigenvalue weighted by Gasteiger charge is -2.38. The van der Waals surface area contributed by atoms with Crippen LogP contribution in [-0.4, -0.2) is 26.9 Å². The largest absolute Gasteiger partial charge is 0.438 e. The zero-order valence-corrected chi connectivity index (χ0v) is 16.5. The lowest BCUT2D eigenvalue weighted by atomic mass is 10.0. The lowest BCUT2D eigenvalue weighted by molar-refractivity contribution is -0.132. The van der Waals surface area contributed by atoms with Gasteiger partial charge in [0, 0.05) is 18.0 Å². The summed E-state index contributed by atoms with van der Waals surface area (Å²) in [6, 6.07) is 11.5. The summed E-state index contributed by atoms with van der Waals surface area (Å²) in [7, 11) is 0. The van der Waals surface area contributed by atoms with Gasteiger partial charge in [0.15, 0.2) is 0 Å². The molecule has 2 aromatic carbocycles. The van der Waals surface area contributed by atoms with Crippen molar-refractivity contribution >= 4 is 12.1 Å². The normalized spacial score (nSPS) is 14.5. The van der Waals surface area contributed by atoms with E-state index in [1.54, 1.807) is 29.1 Å². The van der Waals surface area contributed by atoms with Crippen LogP contribution in [-0.2, 0) is 10.3 Å². The molecule has 0 saturated carbocycles. The SMILES string of the molecule is CC1(C)c2nc(-c3ccc(F)cc3)c(Oc3ccc(F)cc3)n2C=CN1C(=O)CN. The highest BCUT2D eigenvalue weighted by molar-refractivity contribution is 5.81. The Morgan fingerprint density at radius 1 is 1.03 bits per heavy atom. The maximum absolute atomic E-state index is 13.5. The molecule has 4 rings (SSSR count). The van der Waals surface area contributed by atoms with E-state index in [1.165, 1.54) is 41.3 Å². The molecule has 0 radical (unpaired) electrons. The van der Waals surface area contributed by atoms with Gasteiger partial charge in [0.1, 0.15) is 34.4 Å². The van der Waals surface area contributed by atoms with Crippen molar-refractivity contribution in [1.29, 1.82) is 0 Å². The number of halogens is 2. The van der Waals surface area contributed by atoms with Crippen LogP contribution >= 0.6 is 0 Å². The van der Waals surface area contributed by atoms with Crippen molar-refractivity contribution in [3.8, 4) is 22.9 Å². The van der Waals surface area contributed by atoms with Crippen LogP contribution in [0.25, 0.3) is 17.5 Å². The summed E-state index contributed by atoms with van der Waals surface area (Å²) < 4.78 is 34.6. The van der Waals surface area contributed by atoms with Gasteiger partial charge >= 0.3 is 0 Å². The number of nitrogens with two attached hydrogens (primary N) is 1. The molecule has 0 bridgehead atoms. The summed E-state index contributed by atoms with van der Waals surface area (Å²) in [4.78, 5) is 18.6. The number of imidazole rings is 1. The Morgan fingerprint density at radius 3 is 2.23 bits per heavy atom. The van der Waals surface area contributed by atoms with Crippen LogP contribution in [0.15, 0.2) is 54.7 Å². The first kappa shape index (κ1) is 19.8. The Kier molecular flexibility index (Phi) is 4.87. The molecule has 3 aromatic rings. The minimum atomic E-state index is -0.815. The number of ether oxygens (including phenoxy) is 1. The Labute approximate surface area is 172 Å². The predicted molar refractivity (Wildman–Crippen MR) is 108 cm³/mol.